The fourth-order valence-corrected chi connectivity index (χ4v) is 2.28. The van der Waals surface area contributed by atoms with Gasteiger partial charge in [-0.3, -0.25) is 4.68 Å². The van der Waals surface area contributed by atoms with Gasteiger partial charge in [-0.1, -0.05) is 0 Å². The average Bonchev–Trinajstić information content (AvgIpc) is 2.40. The Morgan fingerprint density at radius 3 is 2.60 bits per heavy atom. The Hall–Kier alpha value is -0.480. The first-order valence-electron chi connectivity index (χ1n) is 5.27. The number of nitrogens with zero attached hydrogens (tertiary/aromatic N) is 2. The minimum Gasteiger partial charge on any atom is -0.309 e. The van der Waals surface area contributed by atoms with Crippen molar-refractivity contribution in [1.29, 1.82) is 0 Å². The number of aryl methyl sites for hydroxylation is 2. The fraction of sp³-hybridized carbons (Fsp3) is 0.727. The van der Waals surface area contributed by atoms with Gasteiger partial charge in [0.05, 0.1) is 5.69 Å². The van der Waals surface area contributed by atoms with Crippen molar-refractivity contribution in [3.63, 3.8) is 0 Å². The van der Waals surface area contributed by atoms with Gasteiger partial charge >= 0.3 is 0 Å². The van der Waals surface area contributed by atoms with Gasteiger partial charge in [0.15, 0.2) is 0 Å². The van der Waals surface area contributed by atoms with E-state index in [1.165, 1.54) is 11.3 Å². The third-order valence-electron chi connectivity index (χ3n) is 2.70. The molecule has 1 unspecified atom stereocenters. The highest BCUT2D eigenvalue weighted by Crippen LogP contribution is 2.11. The van der Waals surface area contributed by atoms with E-state index in [1.807, 2.05) is 23.5 Å². The van der Waals surface area contributed by atoms with Gasteiger partial charge in [-0.2, -0.15) is 16.9 Å². The standard InChI is InChI=1S/C11H21N3S/c1-8(7-15-5)12-6-11-9(2)13-14(4)10(11)3/h8,12H,6-7H2,1-5H3. The van der Waals surface area contributed by atoms with Gasteiger partial charge in [-0.05, 0) is 27.0 Å². The van der Waals surface area contributed by atoms with Crippen LogP contribution in [0.5, 0.6) is 0 Å². The molecule has 0 aliphatic heterocycles. The number of thioether (sulfide) groups is 1. The Morgan fingerprint density at radius 1 is 1.47 bits per heavy atom. The van der Waals surface area contributed by atoms with E-state index in [2.05, 4.69) is 37.4 Å². The quantitative estimate of drug-likeness (QED) is 0.833. The van der Waals surface area contributed by atoms with Crippen LogP contribution in [0.4, 0.5) is 0 Å². The van der Waals surface area contributed by atoms with E-state index in [9.17, 15) is 0 Å². The monoisotopic (exact) mass is 227 g/mol. The molecule has 1 rings (SSSR count). The zero-order chi connectivity index (χ0) is 11.4. The Balaban J connectivity index is 2.57. The Bertz CT molecular complexity index is 320. The minimum atomic E-state index is 0.555. The normalized spacial score (nSPS) is 13.1. The topological polar surface area (TPSA) is 29.9 Å². The highest BCUT2D eigenvalue weighted by Gasteiger charge is 2.09. The summed E-state index contributed by atoms with van der Waals surface area (Å²) in [6, 6.07) is 0.555. The molecule has 0 radical (unpaired) electrons. The second-order valence-electron chi connectivity index (χ2n) is 4.01. The molecule has 15 heavy (non-hydrogen) atoms. The van der Waals surface area contributed by atoms with Crippen LogP contribution < -0.4 is 5.32 Å². The van der Waals surface area contributed by atoms with Crippen LogP contribution in [0.15, 0.2) is 0 Å². The minimum absolute atomic E-state index is 0.555. The smallest absolute Gasteiger partial charge is 0.0641 e. The average molecular weight is 227 g/mol. The van der Waals surface area contributed by atoms with Crippen LogP contribution in [-0.2, 0) is 13.6 Å². The summed E-state index contributed by atoms with van der Waals surface area (Å²) in [7, 11) is 2.00. The molecule has 1 atom stereocenters. The number of aromatic nitrogens is 2. The molecule has 0 aliphatic rings. The molecule has 0 fully saturated rings. The lowest BCUT2D eigenvalue weighted by Gasteiger charge is -2.12. The van der Waals surface area contributed by atoms with Crippen molar-refractivity contribution in [2.45, 2.75) is 33.4 Å². The van der Waals surface area contributed by atoms with Crippen molar-refractivity contribution < 1.29 is 0 Å². The predicted octanol–water partition coefficient (Wildman–Crippen LogP) is 1.88. The van der Waals surface area contributed by atoms with E-state index in [0.29, 0.717) is 6.04 Å². The number of hydrogen-bond acceptors (Lipinski definition) is 3. The van der Waals surface area contributed by atoms with Crippen LogP contribution in [0.1, 0.15) is 23.9 Å². The summed E-state index contributed by atoms with van der Waals surface area (Å²) in [6.07, 6.45) is 2.14. The van der Waals surface area contributed by atoms with Gasteiger partial charge < -0.3 is 5.32 Å². The van der Waals surface area contributed by atoms with E-state index in [-0.39, 0.29) is 0 Å². The maximum absolute atomic E-state index is 4.41. The number of nitrogens with one attached hydrogen (secondary N) is 1. The third kappa shape index (κ3) is 3.24. The highest BCUT2D eigenvalue weighted by atomic mass is 32.2. The second-order valence-corrected chi connectivity index (χ2v) is 4.92. The van der Waals surface area contributed by atoms with Crippen molar-refractivity contribution in [1.82, 2.24) is 15.1 Å². The van der Waals surface area contributed by atoms with Crippen molar-refractivity contribution in [2.24, 2.45) is 7.05 Å². The molecular weight excluding hydrogens is 206 g/mol. The fourth-order valence-electron chi connectivity index (χ4n) is 1.66. The molecule has 1 heterocycles. The second kappa shape index (κ2) is 5.56. The first kappa shape index (κ1) is 12.6. The summed E-state index contributed by atoms with van der Waals surface area (Å²) in [5, 5.41) is 7.93. The summed E-state index contributed by atoms with van der Waals surface area (Å²) in [5.74, 6) is 1.15. The van der Waals surface area contributed by atoms with Gasteiger partial charge in [0.1, 0.15) is 0 Å². The van der Waals surface area contributed by atoms with E-state index in [1.54, 1.807) is 0 Å². The van der Waals surface area contributed by atoms with Gasteiger partial charge in [-0.15, -0.1) is 0 Å². The van der Waals surface area contributed by atoms with Gasteiger partial charge in [-0.25, -0.2) is 0 Å². The Kier molecular flexibility index (Phi) is 4.67. The zero-order valence-corrected chi connectivity index (χ0v) is 11.1. The molecular formula is C11H21N3S. The maximum atomic E-state index is 4.41. The summed E-state index contributed by atoms with van der Waals surface area (Å²) in [4.78, 5) is 0. The molecule has 1 aromatic heterocycles. The van der Waals surface area contributed by atoms with E-state index >= 15 is 0 Å². The number of hydrogen-bond donors (Lipinski definition) is 1. The van der Waals surface area contributed by atoms with Crippen LogP contribution in [0, 0.1) is 13.8 Å². The SMILES string of the molecule is CSCC(C)NCc1c(C)nn(C)c1C. The molecule has 86 valence electrons. The summed E-state index contributed by atoms with van der Waals surface area (Å²) < 4.78 is 1.95. The molecule has 0 aliphatic carbocycles. The Labute approximate surface area is 96.6 Å². The van der Waals surface area contributed by atoms with Crippen molar-refractivity contribution in [3.8, 4) is 0 Å². The molecule has 0 saturated heterocycles. The van der Waals surface area contributed by atoms with Gasteiger partial charge in [0.2, 0.25) is 0 Å². The van der Waals surface area contributed by atoms with Crippen LogP contribution in [0.2, 0.25) is 0 Å². The summed E-state index contributed by atoms with van der Waals surface area (Å²) in [5.41, 5.74) is 3.74. The van der Waals surface area contributed by atoms with E-state index in [4.69, 9.17) is 0 Å². The van der Waals surface area contributed by atoms with Gasteiger partial charge in [0.25, 0.3) is 0 Å². The summed E-state index contributed by atoms with van der Waals surface area (Å²) >= 11 is 1.88. The van der Waals surface area contributed by atoms with Crippen LogP contribution in [0.25, 0.3) is 0 Å². The van der Waals surface area contributed by atoms with Crippen molar-refractivity contribution in [3.05, 3.63) is 17.0 Å². The first-order chi connectivity index (χ1) is 7.06. The molecule has 3 nitrogen and oxygen atoms in total. The first-order valence-corrected chi connectivity index (χ1v) is 6.67. The molecule has 1 N–H and O–H groups in total. The van der Waals surface area contributed by atoms with Gasteiger partial charge in [0, 0.05) is 36.6 Å². The van der Waals surface area contributed by atoms with Crippen molar-refractivity contribution in [2.75, 3.05) is 12.0 Å². The maximum Gasteiger partial charge on any atom is 0.0641 e. The van der Waals surface area contributed by atoms with E-state index in [0.717, 1.165) is 18.0 Å². The molecule has 0 saturated carbocycles. The van der Waals surface area contributed by atoms with Crippen LogP contribution in [-0.4, -0.2) is 27.8 Å². The highest BCUT2D eigenvalue weighted by molar-refractivity contribution is 7.98. The molecule has 1 aromatic rings. The Morgan fingerprint density at radius 2 is 2.13 bits per heavy atom. The zero-order valence-electron chi connectivity index (χ0n) is 10.3. The third-order valence-corrected chi connectivity index (χ3v) is 3.54. The molecule has 0 spiro atoms. The lowest BCUT2D eigenvalue weighted by molar-refractivity contribution is 0.592. The predicted molar refractivity (Wildman–Crippen MR) is 67.4 cm³/mol. The summed E-state index contributed by atoms with van der Waals surface area (Å²) in [6.45, 7) is 7.34. The molecule has 0 aromatic carbocycles. The van der Waals surface area contributed by atoms with Crippen molar-refractivity contribution >= 4 is 11.8 Å². The lowest BCUT2D eigenvalue weighted by Crippen LogP contribution is -2.28. The number of rotatable bonds is 5. The molecule has 0 bridgehead atoms. The van der Waals surface area contributed by atoms with E-state index < -0.39 is 0 Å². The largest absolute Gasteiger partial charge is 0.309 e. The molecule has 0 amide bonds. The lowest BCUT2D eigenvalue weighted by atomic mass is 10.2. The van der Waals surface area contributed by atoms with Crippen LogP contribution in [0.3, 0.4) is 0 Å². The van der Waals surface area contributed by atoms with Crippen LogP contribution >= 0.6 is 11.8 Å². The molecule has 4 heteroatoms.